The number of hydrogen-bond acceptors (Lipinski definition) is 4. The second kappa shape index (κ2) is 8.68. The molecule has 1 aliphatic heterocycles. The molecule has 0 atom stereocenters. The molecule has 0 unspecified atom stereocenters. The highest BCUT2D eigenvalue weighted by molar-refractivity contribution is 5.75. The molecule has 0 spiro atoms. The minimum absolute atomic E-state index is 0.116. The van der Waals surface area contributed by atoms with Gasteiger partial charge in [-0.15, -0.1) is 0 Å². The third-order valence-electron chi connectivity index (χ3n) is 6.63. The van der Waals surface area contributed by atoms with Crippen molar-refractivity contribution in [2.75, 3.05) is 38.1 Å². The van der Waals surface area contributed by atoms with Crippen molar-refractivity contribution in [3.63, 3.8) is 0 Å². The summed E-state index contributed by atoms with van der Waals surface area (Å²) in [6.07, 6.45) is 9.07. The molecule has 28 heavy (non-hydrogen) atoms. The number of piperazine rings is 1. The van der Waals surface area contributed by atoms with Gasteiger partial charge in [-0.3, -0.25) is 0 Å². The number of aromatic nitrogens is 1. The molecule has 2 heterocycles. The Morgan fingerprint density at radius 2 is 1.71 bits per heavy atom. The van der Waals surface area contributed by atoms with Crippen LogP contribution in [0.5, 0.6) is 0 Å². The lowest BCUT2D eigenvalue weighted by Gasteiger charge is -2.36. The molecule has 6 heteroatoms. The van der Waals surface area contributed by atoms with Crippen LogP contribution in [0.25, 0.3) is 0 Å². The van der Waals surface area contributed by atoms with E-state index >= 15 is 0 Å². The van der Waals surface area contributed by atoms with E-state index in [1.807, 2.05) is 6.20 Å². The highest BCUT2D eigenvalue weighted by Crippen LogP contribution is 2.35. The van der Waals surface area contributed by atoms with Crippen molar-refractivity contribution in [3.8, 4) is 0 Å². The number of likely N-dealkylation sites (N-methyl/N-ethyl adjacent to an activating group) is 1. The second-order valence-electron chi connectivity index (χ2n) is 9.03. The summed E-state index contributed by atoms with van der Waals surface area (Å²) >= 11 is 0. The smallest absolute Gasteiger partial charge is 0.318 e. The molecule has 0 aromatic carbocycles. The first kappa shape index (κ1) is 19.5. The van der Waals surface area contributed by atoms with Crippen molar-refractivity contribution in [1.29, 1.82) is 0 Å². The Morgan fingerprint density at radius 3 is 2.29 bits per heavy atom. The summed E-state index contributed by atoms with van der Waals surface area (Å²) in [6, 6.07) is 5.21. The molecule has 1 aromatic heterocycles. The van der Waals surface area contributed by atoms with Crippen molar-refractivity contribution in [2.45, 2.75) is 64.1 Å². The van der Waals surface area contributed by atoms with Crippen LogP contribution in [0.4, 0.5) is 10.6 Å². The van der Waals surface area contributed by atoms with Gasteiger partial charge in [0.25, 0.3) is 0 Å². The molecule has 3 aliphatic rings. The van der Waals surface area contributed by atoms with Crippen LogP contribution in [0.3, 0.4) is 0 Å². The Bertz CT molecular complexity index is 643. The number of carbonyl (C=O) groups is 1. The molecule has 1 saturated heterocycles. The Balaban J connectivity index is 1.30. The fourth-order valence-corrected chi connectivity index (χ4v) is 4.52. The van der Waals surface area contributed by atoms with E-state index in [4.69, 9.17) is 0 Å². The van der Waals surface area contributed by atoms with Crippen LogP contribution in [0.1, 0.15) is 51.0 Å². The van der Waals surface area contributed by atoms with E-state index in [1.165, 1.54) is 25.7 Å². The van der Waals surface area contributed by atoms with E-state index in [-0.39, 0.29) is 6.03 Å². The molecular formula is C22H35N5O. The van der Waals surface area contributed by atoms with Crippen LogP contribution in [0, 0.1) is 5.92 Å². The van der Waals surface area contributed by atoms with Crippen molar-refractivity contribution in [2.24, 2.45) is 5.92 Å². The Labute approximate surface area is 169 Å². The molecule has 1 aromatic rings. The van der Waals surface area contributed by atoms with E-state index in [2.05, 4.69) is 51.1 Å². The number of anilines is 1. The van der Waals surface area contributed by atoms with Gasteiger partial charge in [-0.25, -0.2) is 9.78 Å². The lowest BCUT2D eigenvalue weighted by molar-refractivity contribution is 0.140. The lowest BCUT2D eigenvalue weighted by Crippen LogP contribution is -2.48. The van der Waals surface area contributed by atoms with Crippen molar-refractivity contribution >= 4 is 11.8 Å². The zero-order chi connectivity index (χ0) is 19.5. The largest absolute Gasteiger partial charge is 0.354 e. The number of nitrogens with one attached hydrogen (secondary N) is 1. The molecule has 2 aliphatic carbocycles. The summed E-state index contributed by atoms with van der Waals surface area (Å²) < 4.78 is 0. The summed E-state index contributed by atoms with van der Waals surface area (Å²) in [5, 5.41) is 3.16. The average Bonchev–Trinajstić information content (AvgIpc) is 3.54. The van der Waals surface area contributed by atoms with Gasteiger partial charge in [-0.05, 0) is 63.1 Å². The Hall–Kier alpha value is -1.82. The molecule has 0 bridgehead atoms. The minimum Gasteiger partial charge on any atom is -0.354 e. The van der Waals surface area contributed by atoms with Crippen molar-refractivity contribution in [3.05, 3.63) is 23.9 Å². The van der Waals surface area contributed by atoms with Gasteiger partial charge in [-0.2, -0.15) is 0 Å². The molecule has 6 nitrogen and oxygen atoms in total. The quantitative estimate of drug-likeness (QED) is 0.846. The number of rotatable bonds is 5. The van der Waals surface area contributed by atoms with E-state index in [1.54, 1.807) is 0 Å². The number of nitrogens with zero attached hydrogens (tertiary/aromatic N) is 4. The average molecular weight is 386 g/mol. The molecular weight excluding hydrogens is 350 g/mol. The molecule has 154 valence electrons. The van der Waals surface area contributed by atoms with Crippen molar-refractivity contribution < 1.29 is 4.79 Å². The predicted octanol–water partition coefficient (Wildman–Crippen LogP) is 3.09. The van der Waals surface area contributed by atoms with Crippen LogP contribution in [0.2, 0.25) is 0 Å². The maximum absolute atomic E-state index is 12.9. The first-order valence-electron chi connectivity index (χ1n) is 11.0. The number of pyridine rings is 1. The van der Waals surface area contributed by atoms with Gasteiger partial charge in [0.2, 0.25) is 0 Å². The lowest BCUT2D eigenvalue weighted by atomic mass is 9.86. The fraction of sp³-hybridized carbons (Fsp3) is 0.727. The fourth-order valence-electron chi connectivity index (χ4n) is 4.52. The highest BCUT2D eigenvalue weighted by Gasteiger charge is 2.38. The Morgan fingerprint density at radius 1 is 1.07 bits per heavy atom. The second-order valence-corrected chi connectivity index (χ2v) is 9.03. The summed E-state index contributed by atoms with van der Waals surface area (Å²) in [5.74, 6) is 1.85. The van der Waals surface area contributed by atoms with Crippen LogP contribution >= 0.6 is 0 Å². The van der Waals surface area contributed by atoms with E-state index in [0.717, 1.165) is 56.3 Å². The van der Waals surface area contributed by atoms with Gasteiger partial charge in [0.15, 0.2) is 0 Å². The van der Waals surface area contributed by atoms with Gasteiger partial charge in [-0.1, -0.05) is 13.0 Å². The van der Waals surface area contributed by atoms with Gasteiger partial charge in [0, 0.05) is 51.0 Å². The maximum Gasteiger partial charge on any atom is 0.318 e. The summed E-state index contributed by atoms with van der Waals surface area (Å²) in [6.45, 7) is 7.09. The molecule has 0 radical (unpaired) electrons. The van der Waals surface area contributed by atoms with E-state index < -0.39 is 0 Å². The topological polar surface area (TPSA) is 51.7 Å². The molecule has 2 saturated carbocycles. The van der Waals surface area contributed by atoms with Crippen LogP contribution < -0.4 is 10.2 Å². The first-order valence-corrected chi connectivity index (χ1v) is 11.0. The van der Waals surface area contributed by atoms with Crippen LogP contribution in [-0.2, 0) is 6.54 Å². The number of urea groups is 1. The third kappa shape index (κ3) is 4.77. The van der Waals surface area contributed by atoms with Gasteiger partial charge in [0.05, 0.1) is 0 Å². The zero-order valence-corrected chi connectivity index (χ0v) is 17.4. The van der Waals surface area contributed by atoms with Crippen LogP contribution in [0.15, 0.2) is 18.3 Å². The molecule has 4 rings (SSSR count). The summed E-state index contributed by atoms with van der Waals surface area (Å²) in [7, 11) is 2.16. The number of amides is 2. The van der Waals surface area contributed by atoms with E-state index in [0.29, 0.717) is 18.6 Å². The number of hydrogen-bond donors (Lipinski definition) is 1. The minimum atomic E-state index is 0.116. The van der Waals surface area contributed by atoms with Gasteiger partial charge >= 0.3 is 6.03 Å². The van der Waals surface area contributed by atoms with Gasteiger partial charge < -0.3 is 20.0 Å². The number of carbonyl (C=O) groups excluding carboxylic acids is 1. The highest BCUT2D eigenvalue weighted by atomic mass is 16.2. The summed E-state index contributed by atoms with van der Waals surface area (Å²) in [4.78, 5) is 24.4. The molecule has 1 N–H and O–H groups in total. The maximum atomic E-state index is 12.9. The first-order chi connectivity index (χ1) is 13.6. The normalized spacial score (nSPS) is 26.1. The van der Waals surface area contributed by atoms with E-state index in [9.17, 15) is 4.79 Å². The van der Waals surface area contributed by atoms with Gasteiger partial charge in [0.1, 0.15) is 5.82 Å². The van der Waals surface area contributed by atoms with Crippen molar-refractivity contribution in [1.82, 2.24) is 20.1 Å². The molecule has 3 fully saturated rings. The standard InChI is InChI=1S/C22H35N5O/c1-17-3-6-19(7-4-17)27(20-8-9-20)22(28)24-16-18-5-10-21(23-15-18)26-13-11-25(2)12-14-26/h5,10,15,17,19-20H,3-4,6-9,11-14,16H2,1-2H3,(H,24,28). The molecule has 2 amide bonds. The Kier molecular flexibility index (Phi) is 6.04. The monoisotopic (exact) mass is 385 g/mol. The van der Waals surface area contributed by atoms with Crippen LogP contribution in [-0.4, -0.2) is 66.1 Å². The zero-order valence-electron chi connectivity index (χ0n) is 17.4. The third-order valence-corrected chi connectivity index (χ3v) is 6.63. The SMILES string of the molecule is CC1CCC(N(C(=O)NCc2ccc(N3CCN(C)CC3)nc2)C2CC2)CC1. The summed E-state index contributed by atoms with van der Waals surface area (Å²) in [5.41, 5.74) is 1.07. The predicted molar refractivity (Wildman–Crippen MR) is 112 cm³/mol.